The van der Waals surface area contributed by atoms with Crippen molar-refractivity contribution in [3.8, 4) is 5.75 Å². The molecule has 0 heterocycles. The summed E-state index contributed by atoms with van der Waals surface area (Å²) in [6, 6.07) is 5.96. The van der Waals surface area contributed by atoms with Crippen LogP contribution in [0.15, 0.2) is 29.4 Å². The minimum Gasteiger partial charge on any atom is -0.435 e. The predicted octanol–water partition coefficient (Wildman–Crippen LogP) is 1.41. The van der Waals surface area contributed by atoms with Gasteiger partial charge in [-0.3, -0.25) is 9.59 Å². The van der Waals surface area contributed by atoms with Crippen LogP contribution in [0.4, 0.5) is 8.78 Å². The van der Waals surface area contributed by atoms with Crippen LogP contribution in [0.2, 0.25) is 0 Å². The fourth-order valence-corrected chi connectivity index (χ4v) is 1.63. The topological polar surface area (TPSA) is 79.8 Å². The fourth-order valence-electron chi connectivity index (χ4n) is 1.63. The van der Waals surface area contributed by atoms with Gasteiger partial charge in [0.25, 0.3) is 0 Å². The molecule has 1 aliphatic carbocycles. The summed E-state index contributed by atoms with van der Waals surface area (Å²) in [4.78, 5) is 22.9. The number of alkyl halides is 2. The average Bonchev–Trinajstić information content (AvgIpc) is 3.27. The van der Waals surface area contributed by atoms with Gasteiger partial charge in [-0.2, -0.15) is 13.9 Å². The highest BCUT2D eigenvalue weighted by Crippen LogP contribution is 2.18. The van der Waals surface area contributed by atoms with E-state index in [0.717, 1.165) is 12.8 Å². The second-order valence-electron chi connectivity index (χ2n) is 4.79. The first kappa shape index (κ1) is 15.9. The molecule has 0 unspecified atom stereocenters. The Morgan fingerprint density at radius 3 is 2.68 bits per heavy atom. The number of rotatable bonds is 5. The molecule has 2 rings (SSSR count). The van der Waals surface area contributed by atoms with Crippen molar-refractivity contribution in [1.82, 2.24) is 10.7 Å². The van der Waals surface area contributed by atoms with E-state index in [1.807, 2.05) is 0 Å². The first-order valence-corrected chi connectivity index (χ1v) is 6.66. The molecule has 2 N–H and O–H groups in total. The quantitative estimate of drug-likeness (QED) is 0.490. The van der Waals surface area contributed by atoms with E-state index in [2.05, 4.69) is 20.6 Å². The zero-order valence-corrected chi connectivity index (χ0v) is 11.8. The molecule has 0 radical (unpaired) electrons. The molecule has 1 aromatic rings. The molecule has 6 nitrogen and oxygen atoms in total. The summed E-state index contributed by atoms with van der Waals surface area (Å²) in [6.07, 6.45) is 1.75. The number of ether oxygens (including phenoxy) is 1. The van der Waals surface area contributed by atoms with E-state index in [1.165, 1.54) is 18.2 Å². The van der Waals surface area contributed by atoms with Crippen LogP contribution in [0.1, 0.15) is 25.3 Å². The summed E-state index contributed by atoms with van der Waals surface area (Å²) in [5, 5.41) is 6.30. The van der Waals surface area contributed by atoms with Crippen LogP contribution in [0.25, 0.3) is 0 Å². The SMILES string of the molecule is C/C(=N/NC(=O)C(=O)NC1CC1)c1cccc(OC(F)F)c1. The van der Waals surface area contributed by atoms with Crippen molar-refractivity contribution >= 4 is 17.5 Å². The van der Waals surface area contributed by atoms with Gasteiger partial charge in [-0.15, -0.1) is 0 Å². The van der Waals surface area contributed by atoms with E-state index in [1.54, 1.807) is 13.0 Å². The van der Waals surface area contributed by atoms with Crippen molar-refractivity contribution in [1.29, 1.82) is 0 Å². The second kappa shape index (κ2) is 6.97. The number of hydrazone groups is 1. The summed E-state index contributed by atoms with van der Waals surface area (Å²) in [6.45, 7) is -1.35. The van der Waals surface area contributed by atoms with Crippen LogP contribution in [0.3, 0.4) is 0 Å². The average molecular weight is 311 g/mol. The number of hydrogen-bond acceptors (Lipinski definition) is 4. The Morgan fingerprint density at radius 2 is 2.05 bits per heavy atom. The van der Waals surface area contributed by atoms with E-state index in [0.29, 0.717) is 11.3 Å². The third-order valence-corrected chi connectivity index (χ3v) is 2.92. The maximum atomic E-state index is 12.2. The highest BCUT2D eigenvalue weighted by molar-refractivity contribution is 6.35. The number of benzene rings is 1. The van der Waals surface area contributed by atoms with Gasteiger partial charge in [0.2, 0.25) is 0 Å². The first-order chi connectivity index (χ1) is 10.5. The van der Waals surface area contributed by atoms with Gasteiger partial charge < -0.3 is 10.1 Å². The minimum atomic E-state index is -2.92. The van der Waals surface area contributed by atoms with E-state index in [9.17, 15) is 18.4 Å². The lowest BCUT2D eigenvalue weighted by Crippen LogP contribution is -2.39. The second-order valence-corrected chi connectivity index (χ2v) is 4.79. The van der Waals surface area contributed by atoms with Crippen LogP contribution >= 0.6 is 0 Å². The van der Waals surface area contributed by atoms with Crippen molar-refractivity contribution < 1.29 is 23.1 Å². The van der Waals surface area contributed by atoms with Gasteiger partial charge in [-0.1, -0.05) is 12.1 Å². The maximum Gasteiger partial charge on any atom is 0.387 e. The highest BCUT2D eigenvalue weighted by Gasteiger charge is 2.26. The normalized spacial score (nSPS) is 14.6. The van der Waals surface area contributed by atoms with E-state index in [4.69, 9.17) is 0 Å². The number of hydrogen-bond donors (Lipinski definition) is 2. The number of carbonyl (C=O) groups excluding carboxylic acids is 2. The Labute approximate surface area is 125 Å². The molecule has 0 atom stereocenters. The number of halogens is 2. The molecule has 118 valence electrons. The van der Waals surface area contributed by atoms with Crippen LogP contribution in [0.5, 0.6) is 5.75 Å². The zero-order valence-electron chi connectivity index (χ0n) is 11.8. The van der Waals surface area contributed by atoms with Crippen LogP contribution < -0.4 is 15.5 Å². The smallest absolute Gasteiger partial charge is 0.387 e. The molecule has 0 aliphatic heterocycles. The van der Waals surface area contributed by atoms with Gasteiger partial charge in [-0.25, -0.2) is 5.43 Å². The van der Waals surface area contributed by atoms with Crippen molar-refractivity contribution in [2.45, 2.75) is 32.4 Å². The predicted molar refractivity (Wildman–Crippen MR) is 74.6 cm³/mol. The molecule has 8 heteroatoms. The molecular weight excluding hydrogens is 296 g/mol. The Bertz CT molecular complexity index is 601. The monoisotopic (exact) mass is 311 g/mol. The van der Waals surface area contributed by atoms with Crippen molar-refractivity contribution in [2.24, 2.45) is 5.10 Å². The molecule has 0 aromatic heterocycles. The Balaban J connectivity index is 1.95. The molecule has 0 spiro atoms. The van der Waals surface area contributed by atoms with Crippen LogP contribution in [-0.2, 0) is 9.59 Å². The van der Waals surface area contributed by atoms with Crippen molar-refractivity contribution in [2.75, 3.05) is 0 Å². The van der Waals surface area contributed by atoms with Gasteiger partial charge in [0.1, 0.15) is 5.75 Å². The van der Waals surface area contributed by atoms with Gasteiger partial charge in [0.05, 0.1) is 5.71 Å². The number of carbonyl (C=O) groups is 2. The lowest BCUT2D eigenvalue weighted by atomic mass is 10.1. The lowest BCUT2D eigenvalue weighted by Gasteiger charge is -2.07. The first-order valence-electron chi connectivity index (χ1n) is 6.66. The van der Waals surface area contributed by atoms with E-state index in [-0.39, 0.29) is 11.8 Å². The summed E-state index contributed by atoms with van der Waals surface area (Å²) in [7, 11) is 0. The molecule has 0 bridgehead atoms. The summed E-state index contributed by atoms with van der Waals surface area (Å²) >= 11 is 0. The summed E-state index contributed by atoms with van der Waals surface area (Å²) in [5.74, 6) is -1.63. The zero-order chi connectivity index (χ0) is 16.1. The number of amides is 2. The lowest BCUT2D eigenvalue weighted by molar-refractivity contribution is -0.139. The van der Waals surface area contributed by atoms with Crippen molar-refractivity contribution in [3.63, 3.8) is 0 Å². The Hall–Kier alpha value is -2.51. The fraction of sp³-hybridized carbons (Fsp3) is 0.357. The van der Waals surface area contributed by atoms with E-state index >= 15 is 0 Å². The van der Waals surface area contributed by atoms with Crippen LogP contribution in [-0.4, -0.2) is 30.2 Å². The van der Waals surface area contributed by atoms with Gasteiger partial charge >= 0.3 is 18.4 Å². The van der Waals surface area contributed by atoms with Gasteiger partial charge in [-0.05, 0) is 31.9 Å². The van der Waals surface area contributed by atoms with Crippen molar-refractivity contribution in [3.05, 3.63) is 29.8 Å². The maximum absolute atomic E-state index is 12.2. The molecular formula is C14H15F2N3O3. The summed E-state index contributed by atoms with van der Waals surface area (Å²) < 4.78 is 28.6. The summed E-state index contributed by atoms with van der Waals surface area (Å²) in [5.41, 5.74) is 2.96. The molecule has 2 amide bonds. The standard InChI is InChI=1S/C14H15F2N3O3/c1-8(9-3-2-4-11(7-9)22-14(15)16)18-19-13(21)12(20)17-10-5-6-10/h2-4,7,10,14H,5-6H2,1H3,(H,17,20)(H,19,21)/b18-8-. The van der Waals surface area contributed by atoms with E-state index < -0.39 is 18.4 Å². The molecule has 1 aliphatic rings. The molecule has 1 saturated carbocycles. The highest BCUT2D eigenvalue weighted by atomic mass is 19.3. The van der Waals surface area contributed by atoms with Crippen LogP contribution in [0, 0.1) is 0 Å². The molecule has 1 aromatic carbocycles. The van der Waals surface area contributed by atoms with Gasteiger partial charge in [0.15, 0.2) is 0 Å². The molecule has 1 fully saturated rings. The minimum absolute atomic E-state index is 0.0140. The third kappa shape index (κ3) is 4.80. The Kier molecular flexibility index (Phi) is 5.03. The number of nitrogens with one attached hydrogen (secondary N) is 2. The Morgan fingerprint density at radius 1 is 1.32 bits per heavy atom. The largest absolute Gasteiger partial charge is 0.435 e. The molecule has 0 saturated heterocycles. The third-order valence-electron chi connectivity index (χ3n) is 2.92. The molecule has 22 heavy (non-hydrogen) atoms. The van der Waals surface area contributed by atoms with Gasteiger partial charge in [0, 0.05) is 11.6 Å². The number of nitrogens with zero attached hydrogens (tertiary/aromatic N) is 1.